The molecule has 1 fully saturated rings. The SMILES string of the molecule is CCC(C)C(C(CC(=O)N1CCC[C@H]1C(OC)C(C)C(=O)NC(Cc1c[nH]c2ccccc12)C(=O)OCc1ccccc1)OC)N(C)C(=O)C(NC(=O)C(NC)C(C)C)C(C)C. The molecular weight excluding hydrogens is 789 g/mol. The Morgan fingerprint density at radius 3 is 2.15 bits per heavy atom. The number of hydrogen-bond acceptors (Lipinski definition) is 9. The van der Waals surface area contributed by atoms with Crippen LogP contribution in [-0.2, 0) is 51.2 Å². The number of carbonyl (C=O) groups excluding carboxylic acids is 5. The third-order valence-electron chi connectivity index (χ3n) is 12.7. The molecule has 4 N–H and O–H groups in total. The summed E-state index contributed by atoms with van der Waals surface area (Å²) in [6.45, 7) is 14.0. The van der Waals surface area contributed by atoms with Gasteiger partial charge in [0, 0.05) is 51.3 Å². The molecule has 1 aromatic heterocycles. The van der Waals surface area contributed by atoms with Gasteiger partial charge in [0.1, 0.15) is 18.7 Å². The van der Waals surface area contributed by atoms with Gasteiger partial charge in [-0.2, -0.15) is 0 Å². The van der Waals surface area contributed by atoms with E-state index >= 15 is 0 Å². The summed E-state index contributed by atoms with van der Waals surface area (Å²) >= 11 is 0. The number of esters is 1. The third-order valence-corrected chi connectivity index (χ3v) is 12.7. The molecule has 9 atom stereocenters. The van der Waals surface area contributed by atoms with E-state index in [1.807, 2.05) is 102 Å². The molecule has 14 nitrogen and oxygen atoms in total. The first kappa shape index (κ1) is 49.9. The number of nitrogens with zero attached hydrogens (tertiary/aromatic N) is 2. The lowest BCUT2D eigenvalue weighted by Crippen LogP contribution is -2.59. The van der Waals surface area contributed by atoms with Crippen molar-refractivity contribution in [1.82, 2.24) is 30.7 Å². The number of likely N-dealkylation sites (tertiary alicyclic amines) is 1. The fraction of sp³-hybridized carbons (Fsp3) is 0.604. The molecule has 0 spiro atoms. The van der Waals surface area contributed by atoms with E-state index in [2.05, 4.69) is 20.9 Å². The number of rotatable bonds is 23. The number of aromatic nitrogens is 1. The first-order valence-electron chi connectivity index (χ1n) is 22.2. The summed E-state index contributed by atoms with van der Waals surface area (Å²) in [5.41, 5.74) is 2.61. The van der Waals surface area contributed by atoms with Crippen LogP contribution in [0.5, 0.6) is 0 Å². The Kier molecular flexibility index (Phi) is 19.0. The van der Waals surface area contributed by atoms with Crippen LogP contribution in [0.1, 0.15) is 85.3 Å². The average molecular weight is 861 g/mol. The fourth-order valence-corrected chi connectivity index (χ4v) is 8.90. The first-order valence-corrected chi connectivity index (χ1v) is 22.2. The molecule has 1 aliphatic heterocycles. The molecule has 0 radical (unpaired) electrons. The Morgan fingerprint density at radius 2 is 1.53 bits per heavy atom. The molecule has 4 rings (SSSR count). The first-order chi connectivity index (χ1) is 29.6. The number of para-hydroxylation sites is 1. The normalized spacial score (nSPS) is 18.1. The summed E-state index contributed by atoms with van der Waals surface area (Å²) in [7, 11) is 6.54. The number of amides is 4. The van der Waals surface area contributed by atoms with Gasteiger partial charge in [0.25, 0.3) is 0 Å². The predicted molar refractivity (Wildman–Crippen MR) is 241 cm³/mol. The number of likely N-dealkylation sites (N-methyl/N-ethyl adjacent to an activating group) is 2. The highest BCUT2D eigenvalue weighted by Crippen LogP contribution is 2.30. The summed E-state index contributed by atoms with van der Waals surface area (Å²) in [5.74, 6) is -2.60. The monoisotopic (exact) mass is 861 g/mol. The van der Waals surface area contributed by atoms with Crippen LogP contribution in [0.15, 0.2) is 60.8 Å². The Bertz CT molecular complexity index is 1920. The van der Waals surface area contributed by atoms with Gasteiger partial charge in [0.05, 0.1) is 42.7 Å². The molecule has 2 heterocycles. The lowest BCUT2D eigenvalue weighted by Gasteiger charge is -2.41. The van der Waals surface area contributed by atoms with Gasteiger partial charge in [-0.1, -0.05) is 103 Å². The van der Waals surface area contributed by atoms with Crippen LogP contribution in [0.3, 0.4) is 0 Å². The van der Waals surface area contributed by atoms with Crippen molar-refractivity contribution in [2.45, 2.75) is 130 Å². The van der Waals surface area contributed by atoms with Crippen molar-refractivity contribution in [3.63, 3.8) is 0 Å². The van der Waals surface area contributed by atoms with E-state index < -0.39 is 60.2 Å². The van der Waals surface area contributed by atoms with Crippen LogP contribution in [0, 0.1) is 23.7 Å². The van der Waals surface area contributed by atoms with Crippen molar-refractivity contribution >= 4 is 40.5 Å². The highest BCUT2D eigenvalue weighted by atomic mass is 16.5. The Balaban J connectivity index is 1.51. The van der Waals surface area contributed by atoms with E-state index in [0.717, 1.165) is 28.5 Å². The maximum absolute atomic E-state index is 14.4. The summed E-state index contributed by atoms with van der Waals surface area (Å²) < 4.78 is 17.8. The van der Waals surface area contributed by atoms with Gasteiger partial charge in [0.15, 0.2) is 0 Å². The van der Waals surface area contributed by atoms with Crippen molar-refractivity contribution in [3.8, 4) is 0 Å². The summed E-state index contributed by atoms with van der Waals surface area (Å²) in [6, 6.07) is 14.0. The van der Waals surface area contributed by atoms with Crippen molar-refractivity contribution in [2.75, 3.05) is 34.9 Å². The Labute approximate surface area is 368 Å². The standard InChI is InChI=1S/C48H72N6O8/c1-12-31(6)43(53(9)47(58)42(30(4)5)52-46(57)41(49-8)29(2)3)39(60-10)26-40(55)54-24-18-23-38(54)44(61-11)32(7)45(56)51-37(48(59)62-28-33-19-14-13-15-20-33)25-34-27-50-36-22-17-16-21-35(34)36/h13-17,19-22,27,29-32,37-39,41-44,49-50H,12,18,23-26,28H2,1-11H3,(H,51,56)(H,52,57)/t31?,32?,37?,38-,39?,41?,42?,43?,44?/m0/s1. The lowest BCUT2D eigenvalue weighted by molar-refractivity contribution is -0.151. The quantitative estimate of drug-likeness (QED) is 0.0932. The molecule has 3 aromatic rings. The topological polar surface area (TPSA) is 171 Å². The molecule has 0 aliphatic carbocycles. The zero-order chi connectivity index (χ0) is 45.7. The summed E-state index contributed by atoms with van der Waals surface area (Å²) in [4.78, 5) is 76.5. The summed E-state index contributed by atoms with van der Waals surface area (Å²) in [6.07, 6.45) is 2.74. The zero-order valence-corrected chi connectivity index (χ0v) is 38.7. The molecule has 62 heavy (non-hydrogen) atoms. The van der Waals surface area contributed by atoms with Gasteiger partial charge >= 0.3 is 5.97 Å². The van der Waals surface area contributed by atoms with E-state index in [1.54, 1.807) is 37.9 Å². The summed E-state index contributed by atoms with van der Waals surface area (Å²) in [5, 5.41) is 9.98. The van der Waals surface area contributed by atoms with Crippen molar-refractivity contribution in [2.24, 2.45) is 23.7 Å². The minimum absolute atomic E-state index is 0.00945. The largest absolute Gasteiger partial charge is 0.459 e. The number of benzene rings is 2. The predicted octanol–water partition coefficient (Wildman–Crippen LogP) is 5.24. The molecule has 8 unspecified atom stereocenters. The van der Waals surface area contributed by atoms with Crippen LogP contribution < -0.4 is 16.0 Å². The van der Waals surface area contributed by atoms with Gasteiger partial charge in [0.2, 0.25) is 23.6 Å². The second-order valence-electron chi connectivity index (χ2n) is 17.5. The molecule has 2 aromatic carbocycles. The maximum Gasteiger partial charge on any atom is 0.329 e. The molecule has 14 heteroatoms. The van der Waals surface area contributed by atoms with Crippen LogP contribution in [-0.4, -0.2) is 122 Å². The van der Waals surface area contributed by atoms with Crippen LogP contribution in [0.2, 0.25) is 0 Å². The van der Waals surface area contributed by atoms with E-state index in [0.29, 0.717) is 19.4 Å². The van der Waals surface area contributed by atoms with Gasteiger partial charge in [-0.25, -0.2) is 4.79 Å². The number of ether oxygens (including phenoxy) is 3. The minimum Gasteiger partial charge on any atom is -0.459 e. The van der Waals surface area contributed by atoms with Gasteiger partial charge < -0.3 is 44.9 Å². The number of nitrogens with one attached hydrogen (secondary N) is 4. The molecule has 1 aliphatic rings. The number of methoxy groups -OCH3 is 2. The van der Waals surface area contributed by atoms with Crippen LogP contribution in [0.25, 0.3) is 10.9 Å². The van der Waals surface area contributed by atoms with Gasteiger partial charge in [-0.3, -0.25) is 19.2 Å². The van der Waals surface area contributed by atoms with Crippen molar-refractivity contribution in [3.05, 3.63) is 71.9 Å². The van der Waals surface area contributed by atoms with Crippen molar-refractivity contribution in [1.29, 1.82) is 0 Å². The second kappa shape index (κ2) is 23.6. The second-order valence-corrected chi connectivity index (χ2v) is 17.5. The Hall–Kier alpha value is -4.79. The van der Waals surface area contributed by atoms with Gasteiger partial charge in [-0.15, -0.1) is 0 Å². The fourth-order valence-electron chi connectivity index (χ4n) is 8.90. The number of aromatic amines is 1. The number of carbonyl (C=O) groups is 5. The minimum atomic E-state index is -0.991. The molecule has 0 saturated carbocycles. The van der Waals surface area contributed by atoms with Crippen LogP contribution in [0.4, 0.5) is 0 Å². The smallest absolute Gasteiger partial charge is 0.329 e. The number of fused-ring (bicyclic) bond motifs is 1. The third kappa shape index (κ3) is 12.4. The van der Waals surface area contributed by atoms with Crippen LogP contribution >= 0.6 is 0 Å². The molecule has 0 bridgehead atoms. The van der Waals surface area contributed by atoms with Crippen molar-refractivity contribution < 1.29 is 38.2 Å². The molecular formula is C48H72N6O8. The van der Waals surface area contributed by atoms with Gasteiger partial charge in [-0.05, 0) is 54.8 Å². The van der Waals surface area contributed by atoms with E-state index in [4.69, 9.17) is 14.2 Å². The van der Waals surface area contributed by atoms with E-state index in [-0.39, 0.29) is 54.9 Å². The lowest BCUT2D eigenvalue weighted by atomic mass is 9.89. The zero-order valence-electron chi connectivity index (χ0n) is 38.7. The van der Waals surface area contributed by atoms with E-state index in [9.17, 15) is 24.0 Å². The highest BCUT2D eigenvalue weighted by molar-refractivity contribution is 5.91. The molecule has 342 valence electrons. The number of hydrogen-bond donors (Lipinski definition) is 4. The Morgan fingerprint density at radius 1 is 0.871 bits per heavy atom. The maximum atomic E-state index is 14.4. The highest BCUT2D eigenvalue weighted by Gasteiger charge is 2.43. The van der Waals surface area contributed by atoms with E-state index in [1.165, 1.54) is 7.11 Å². The average Bonchev–Trinajstić information content (AvgIpc) is 3.92. The molecule has 1 saturated heterocycles. The number of H-pyrrole nitrogens is 1. The molecule has 4 amide bonds.